The van der Waals surface area contributed by atoms with Crippen molar-refractivity contribution < 1.29 is 14.8 Å². The van der Waals surface area contributed by atoms with Crippen molar-refractivity contribution in [2.45, 2.75) is 0 Å². The van der Waals surface area contributed by atoms with Crippen molar-refractivity contribution >= 4 is 34.3 Å². The molecule has 3 aromatic rings. The molecule has 0 aromatic heterocycles. The molecule has 0 aliphatic rings. The molecule has 8 heteroatoms. The number of phenolic OH excluding ortho intramolecular Hbond substituents is 1. The third-order valence-corrected chi connectivity index (χ3v) is 3.80. The van der Waals surface area contributed by atoms with Crippen LogP contribution in [0.15, 0.2) is 65.8 Å². The summed E-state index contributed by atoms with van der Waals surface area (Å²) < 4.78 is 0. The number of nitrogens with one attached hydrogen (secondary N) is 2. The van der Waals surface area contributed by atoms with Crippen LogP contribution in [0.1, 0.15) is 5.56 Å². The van der Waals surface area contributed by atoms with Gasteiger partial charge in [0.05, 0.1) is 17.7 Å². The van der Waals surface area contributed by atoms with Gasteiger partial charge in [-0.1, -0.05) is 30.3 Å². The maximum Gasteiger partial charge on any atom is 0.310 e. The third-order valence-electron chi connectivity index (χ3n) is 3.80. The zero-order valence-corrected chi connectivity index (χ0v) is 14.1. The van der Waals surface area contributed by atoms with Crippen LogP contribution in [0, 0.1) is 10.1 Å². The molecule has 8 nitrogen and oxygen atoms in total. The Morgan fingerprint density at radius 2 is 1.89 bits per heavy atom. The van der Waals surface area contributed by atoms with Crippen LogP contribution in [0.25, 0.3) is 10.8 Å². The highest BCUT2D eigenvalue weighted by atomic mass is 16.6. The Kier molecular flexibility index (Phi) is 5.27. The average molecular weight is 364 g/mol. The van der Waals surface area contributed by atoms with E-state index >= 15 is 0 Å². The van der Waals surface area contributed by atoms with E-state index < -0.39 is 16.4 Å². The van der Waals surface area contributed by atoms with Gasteiger partial charge in [0, 0.05) is 11.8 Å². The van der Waals surface area contributed by atoms with E-state index in [1.165, 1.54) is 24.4 Å². The lowest BCUT2D eigenvalue weighted by molar-refractivity contribution is -0.385. The second-order valence-corrected chi connectivity index (χ2v) is 5.71. The summed E-state index contributed by atoms with van der Waals surface area (Å²) in [6.07, 6.45) is 1.29. The summed E-state index contributed by atoms with van der Waals surface area (Å²) in [5.74, 6) is -0.821. The van der Waals surface area contributed by atoms with E-state index in [9.17, 15) is 20.0 Å². The molecule has 0 unspecified atom stereocenters. The van der Waals surface area contributed by atoms with Crippen molar-refractivity contribution in [3.8, 4) is 5.75 Å². The molecular weight excluding hydrogens is 348 g/mol. The van der Waals surface area contributed by atoms with Crippen molar-refractivity contribution in [1.82, 2.24) is 5.43 Å². The number of rotatable bonds is 6. The molecule has 0 radical (unpaired) electrons. The van der Waals surface area contributed by atoms with Crippen LogP contribution >= 0.6 is 0 Å². The number of benzene rings is 3. The molecule has 3 N–H and O–H groups in total. The van der Waals surface area contributed by atoms with Gasteiger partial charge in [0.1, 0.15) is 0 Å². The second kappa shape index (κ2) is 7.96. The number of phenols is 1. The normalized spacial score (nSPS) is 10.8. The smallest absolute Gasteiger partial charge is 0.310 e. The molecule has 0 spiro atoms. The summed E-state index contributed by atoms with van der Waals surface area (Å²) in [6, 6.07) is 17.5. The predicted octanol–water partition coefficient (Wildman–Crippen LogP) is 3.02. The van der Waals surface area contributed by atoms with Crippen molar-refractivity contribution in [1.29, 1.82) is 0 Å². The standard InChI is InChI=1S/C19H16N4O4/c24-18-9-13(5-8-17(18)23(26)27)11-21-22-19(25)12-20-16-7-6-14-3-1-2-4-15(14)10-16/h1-11,20,24H,12H2,(H,22,25)/b21-11+. The number of hydrogen-bond acceptors (Lipinski definition) is 6. The molecule has 1 amide bonds. The minimum absolute atomic E-state index is 0.0290. The minimum Gasteiger partial charge on any atom is -0.502 e. The van der Waals surface area contributed by atoms with Gasteiger partial charge < -0.3 is 10.4 Å². The van der Waals surface area contributed by atoms with Crippen LogP contribution in [0.3, 0.4) is 0 Å². The van der Waals surface area contributed by atoms with Gasteiger partial charge in [0.15, 0.2) is 5.75 Å². The predicted molar refractivity (Wildman–Crippen MR) is 103 cm³/mol. The zero-order valence-electron chi connectivity index (χ0n) is 14.1. The first-order chi connectivity index (χ1) is 13.0. The van der Waals surface area contributed by atoms with E-state index in [4.69, 9.17) is 0 Å². The van der Waals surface area contributed by atoms with Crippen molar-refractivity contribution in [2.75, 3.05) is 11.9 Å². The van der Waals surface area contributed by atoms with Gasteiger partial charge >= 0.3 is 5.69 Å². The van der Waals surface area contributed by atoms with Gasteiger partial charge in [-0.3, -0.25) is 14.9 Å². The molecule has 27 heavy (non-hydrogen) atoms. The molecule has 0 atom stereocenters. The number of nitro benzene ring substituents is 1. The topological polar surface area (TPSA) is 117 Å². The molecular formula is C19H16N4O4. The van der Waals surface area contributed by atoms with Crippen LogP contribution in [0.4, 0.5) is 11.4 Å². The summed E-state index contributed by atoms with van der Waals surface area (Å²) in [6.45, 7) is 0.0290. The highest BCUT2D eigenvalue weighted by Crippen LogP contribution is 2.25. The second-order valence-electron chi connectivity index (χ2n) is 5.71. The highest BCUT2D eigenvalue weighted by molar-refractivity contribution is 5.87. The Labute approximate surface area is 154 Å². The maximum absolute atomic E-state index is 11.9. The van der Waals surface area contributed by atoms with Gasteiger partial charge in [-0.05, 0) is 40.6 Å². The van der Waals surface area contributed by atoms with Gasteiger partial charge in [0.25, 0.3) is 5.91 Å². The van der Waals surface area contributed by atoms with Gasteiger partial charge in [-0.25, -0.2) is 5.43 Å². The minimum atomic E-state index is -0.684. The quantitative estimate of drug-likeness (QED) is 0.353. The molecule has 0 bridgehead atoms. The fourth-order valence-electron chi connectivity index (χ4n) is 2.48. The first-order valence-electron chi connectivity index (χ1n) is 8.05. The van der Waals surface area contributed by atoms with Crippen LogP contribution in [0.2, 0.25) is 0 Å². The van der Waals surface area contributed by atoms with Gasteiger partial charge in [0.2, 0.25) is 0 Å². The first-order valence-corrected chi connectivity index (χ1v) is 8.05. The maximum atomic E-state index is 11.9. The summed E-state index contributed by atoms with van der Waals surface area (Å²) in [5, 5.41) is 29.2. The molecule has 0 saturated heterocycles. The number of amides is 1. The fourth-order valence-corrected chi connectivity index (χ4v) is 2.48. The summed E-state index contributed by atoms with van der Waals surface area (Å²) in [7, 11) is 0. The Morgan fingerprint density at radius 1 is 1.11 bits per heavy atom. The Hall–Kier alpha value is -3.94. The van der Waals surface area contributed by atoms with E-state index in [-0.39, 0.29) is 12.5 Å². The van der Waals surface area contributed by atoms with Gasteiger partial charge in [-0.2, -0.15) is 5.10 Å². The van der Waals surface area contributed by atoms with Crippen LogP contribution in [-0.4, -0.2) is 28.7 Å². The van der Waals surface area contributed by atoms with Gasteiger partial charge in [-0.15, -0.1) is 0 Å². The SMILES string of the molecule is O=C(CNc1ccc2ccccc2c1)N/N=C/c1ccc([N+](=O)[O-])c(O)c1. The number of nitro groups is 1. The lowest BCUT2D eigenvalue weighted by atomic mass is 10.1. The molecule has 3 rings (SSSR count). The Balaban J connectivity index is 1.53. The number of carbonyl (C=O) groups is 1. The van der Waals surface area contributed by atoms with E-state index in [1.54, 1.807) is 0 Å². The summed E-state index contributed by atoms with van der Waals surface area (Å²) in [5.41, 5.74) is 3.19. The van der Waals surface area contributed by atoms with Crippen LogP contribution < -0.4 is 10.7 Å². The van der Waals surface area contributed by atoms with Crippen molar-refractivity contribution in [3.05, 3.63) is 76.3 Å². The summed E-state index contributed by atoms with van der Waals surface area (Å²) >= 11 is 0. The number of hydrogen-bond donors (Lipinski definition) is 3. The van der Waals surface area contributed by atoms with E-state index in [2.05, 4.69) is 15.8 Å². The van der Waals surface area contributed by atoms with Crippen LogP contribution in [-0.2, 0) is 4.79 Å². The Bertz CT molecular complexity index is 1030. The fraction of sp³-hybridized carbons (Fsp3) is 0.0526. The Morgan fingerprint density at radius 3 is 2.63 bits per heavy atom. The molecule has 0 aliphatic carbocycles. The van der Waals surface area contributed by atoms with Crippen LogP contribution in [0.5, 0.6) is 5.75 Å². The number of aromatic hydroxyl groups is 1. The molecule has 0 saturated carbocycles. The molecule has 0 aliphatic heterocycles. The monoisotopic (exact) mass is 364 g/mol. The number of carbonyl (C=O) groups excluding carboxylic acids is 1. The van der Waals surface area contributed by atoms with E-state index in [0.29, 0.717) is 5.56 Å². The first kappa shape index (κ1) is 17.9. The molecule has 136 valence electrons. The van der Waals surface area contributed by atoms with E-state index in [1.807, 2.05) is 42.5 Å². The molecule has 0 heterocycles. The molecule has 0 fully saturated rings. The lowest BCUT2D eigenvalue weighted by Gasteiger charge is -2.06. The molecule has 3 aromatic carbocycles. The van der Waals surface area contributed by atoms with Crippen molar-refractivity contribution in [2.24, 2.45) is 5.10 Å². The number of anilines is 1. The lowest BCUT2D eigenvalue weighted by Crippen LogP contribution is -2.25. The number of fused-ring (bicyclic) bond motifs is 1. The third kappa shape index (κ3) is 4.57. The van der Waals surface area contributed by atoms with E-state index in [0.717, 1.165) is 16.5 Å². The summed E-state index contributed by atoms with van der Waals surface area (Å²) in [4.78, 5) is 21.8. The van der Waals surface area contributed by atoms with Crippen molar-refractivity contribution in [3.63, 3.8) is 0 Å². The highest BCUT2D eigenvalue weighted by Gasteiger charge is 2.12. The zero-order chi connectivity index (χ0) is 19.2. The number of hydrazone groups is 1. The average Bonchev–Trinajstić information content (AvgIpc) is 2.66. The number of nitrogens with zero attached hydrogens (tertiary/aromatic N) is 2. The largest absolute Gasteiger partial charge is 0.502 e.